The minimum atomic E-state index is -0.284. The number of carbonyl (C=O) groups is 2. The van der Waals surface area contributed by atoms with Gasteiger partial charge >= 0.3 is 0 Å². The average molecular weight is 419 g/mol. The van der Waals surface area contributed by atoms with E-state index in [2.05, 4.69) is 22.6 Å². The van der Waals surface area contributed by atoms with Crippen molar-refractivity contribution >= 4 is 51.6 Å². The smallest absolute Gasteiger partial charge is 0.293 e. The normalized spacial score (nSPS) is 16.8. The van der Waals surface area contributed by atoms with Crippen molar-refractivity contribution in [1.82, 2.24) is 4.90 Å². The van der Waals surface area contributed by atoms with Crippen LogP contribution in [0.3, 0.4) is 0 Å². The lowest BCUT2D eigenvalue weighted by Crippen LogP contribution is -2.22. The third-order valence-electron chi connectivity index (χ3n) is 2.82. The quantitative estimate of drug-likeness (QED) is 0.554. The standard InChI is InChI=1S/C14H14INO4S/c1-4-20-12-9(15)5-8(6-10(12)19-3)7-11-13(17)16(2)14(18)21-11/h5-7H,4H2,1-3H3/b11-7+. The monoisotopic (exact) mass is 419 g/mol. The molecule has 1 fully saturated rings. The van der Waals surface area contributed by atoms with E-state index in [0.717, 1.165) is 25.8 Å². The van der Waals surface area contributed by atoms with E-state index < -0.39 is 0 Å². The summed E-state index contributed by atoms with van der Waals surface area (Å²) in [6.07, 6.45) is 1.69. The van der Waals surface area contributed by atoms with Crippen LogP contribution < -0.4 is 9.47 Å². The van der Waals surface area contributed by atoms with Crippen LogP contribution >= 0.6 is 34.4 Å². The fourth-order valence-corrected chi connectivity index (χ4v) is 3.41. The Morgan fingerprint density at radius 2 is 2.10 bits per heavy atom. The van der Waals surface area contributed by atoms with E-state index in [4.69, 9.17) is 9.47 Å². The zero-order chi connectivity index (χ0) is 15.6. The van der Waals surface area contributed by atoms with Gasteiger partial charge < -0.3 is 9.47 Å². The lowest BCUT2D eigenvalue weighted by molar-refractivity contribution is -0.121. The molecule has 1 heterocycles. The second-order valence-electron chi connectivity index (χ2n) is 4.21. The summed E-state index contributed by atoms with van der Waals surface area (Å²) in [5.41, 5.74) is 0.790. The fourth-order valence-electron chi connectivity index (χ4n) is 1.80. The molecule has 1 aliphatic rings. The highest BCUT2D eigenvalue weighted by atomic mass is 127. The number of carbonyl (C=O) groups excluding carboxylic acids is 2. The van der Waals surface area contributed by atoms with Gasteiger partial charge in [-0.3, -0.25) is 14.5 Å². The molecule has 0 bridgehead atoms. The predicted octanol–water partition coefficient (Wildman–Crippen LogP) is 3.36. The summed E-state index contributed by atoms with van der Waals surface area (Å²) in [6, 6.07) is 3.68. The van der Waals surface area contributed by atoms with Crippen molar-refractivity contribution in [3.05, 3.63) is 26.2 Å². The fraction of sp³-hybridized carbons (Fsp3) is 0.286. The molecule has 21 heavy (non-hydrogen) atoms. The van der Waals surface area contributed by atoms with Gasteiger partial charge in [0.25, 0.3) is 11.1 Å². The maximum absolute atomic E-state index is 11.9. The van der Waals surface area contributed by atoms with E-state index >= 15 is 0 Å². The van der Waals surface area contributed by atoms with Crippen molar-refractivity contribution in [2.45, 2.75) is 6.92 Å². The number of hydrogen-bond acceptors (Lipinski definition) is 5. The van der Waals surface area contributed by atoms with Gasteiger partial charge in [-0.15, -0.1) is 0 Å². The Morgan fingerprint density at radius 1 is 1.38 bits per heavy atom. The van der Waals surface area contributed by atoms with Gasteiger partial charge in [-0.2, -0.15) is 0 Å². The third-order valence-corrected chi connectivity index (χ3v) is 4.59. The van der Waals surface area contributed by atoms with Crippen LogP contribution in [0.1, 0.15) is 12.5 Å². The van der Waals surface area contributed by atoms with Crippen LogP contribution in [0.15, 0.2) is 17.0 Å². The number of hydrogen-bond donors (Lipinski definition) is 0. The first-order valence-electron chi connectivity index (χ1n) is 6.19. The first-order valence-corrected chi connectivity index (χ1v) is 8.09. The van der Waals surface area contributed by atoms with Gasteiger partial charge in [0.1, 0.15) is 0 Å². The Labute approximate surface area is 140 Å². The van der Waals surface area contributed by atoms with Crippen LogP contribution in [0.5, 0.6) is 11.5 Å². The summed E-state index contributed by atoms with van der Waals surface area (Å²) in [4.78, 5) is 24.9. The molecule has 0 N–H and O–H groups in total. The summed E-state index contributed by atoms with van der Waals surface area (Å²) in [7, 11) is 3.04. The highest BCUT2D eigenvalue weighted by Gasteiger charge is 2.31. The highest BCUT2D eigenvalue weighted by molar-refractivity contribution is 14.1. The predicted molar refractivity (Wildman–Crippen MR) is 90.6 cm³/mol. The topological polar surface area (TPSA) is 55.8 Å². The maximum Gasteiger partial charge on any atom is 0.293 e. The van der Waals surface area contributed by atoms with Crippen molar-refractivity contribution in [1.29, 1.82) is 0 Å². The molecule has 1 saturated heterocycles. The molecule has 0 saturated carbocycles. The van der Waals surface area contributed by atoms with Crippen molar-refractivity contribution in [2.75, 3.05) is 20.8 Å². The van der Waals surface area contributed by atoms with Gasteiger partial charge in [0, 0.05) is 7.05 Å². The summed E-state index contributed by atoms with van der Waals surface area (Å²) < 4.78 is 11.8. The number of methoxy groups -OCH3 is 1. The minimum absolute atomic E-state index is 0.265. The summed E-state index contributed by atoms with van der Waals surface area (Å²) >= 11 is 3.09. The second-order valence-corrected chi connectivity index (χ2v) is 6.36. The number of rotatable bonds is 4. The molecule has 0 radical (unpaired) electrons. The number of likely N-dealkylation sites (N-methyl/N-ethyl adjacent to an activating group) is 1. The number of nitrogens with zero attached hydrogens (tertiary/aromatic N) is 1. The number of thioether (sulfide) groups is 1. The minimum Gasteiger partial charge on any atom is -0.493 e. The molecule has 0 spiro atoms. The number of benzene rings is 1. The summed E-state index contributed by atoms with van der Waals surface area (Å²) in [5.74, 6) is 1.000. The van der Waals surface area contributed by atoms with Crippen molar-refractivity contribution in [2.24, 2.45) is 0 Å². The molecule has 0 atom stereocenters. The molecule has 2 amide bonds. The molecule has 5 nitrogen and oxygen atoms in total. The van der Waals surface area contributed by atoms with Crippen LogP contribution in [-0.4, -0.2) is 36.8 Å². The van der Waals surface area contributed by atoms with Gasteiger partial charge in [-0.25, -0.2) is 0 Å². The van der Waals surface area contributed by atoms with Gasteiger partial charge in [0.2, 0.25) is 0 Å². The van der Waals surface area contributed by atoms with Gasteiger partial charge in [-0.05, 0) is 65.0 Å². The largest absolute Gasteiger partial charge is 0.493 e. The summed E-state index contributed by atoms with van der Waals surface area (Å²) in [5, 5.41) is -0.265. The molecular weight excluding hydrogens is 405 g/mol. The average Bonchev–Trinajstić information content (AvgIpc) is 2.69. The van der Waals surface area contributed by atoms with Crippen LogP contribution in [0.25, 0.3) is 6.08 Å². The zero-order valence-electron chi connectivity index (χ0n) is 11.8. The van der Waals surface area contributed by atoms with Gasteiger partial charge in [-0.1, -0.05) is 0 Å². The van der Waals surface area contributed by atoms with Crippen LogP contribution in [-0.2, 0) is 4.79 Å². The van der Waals surface area contributed by atoms with E-state index in [9.17, 15) is 9.59 Å². The highest BCUT2D eigenvalue weighted by Crippen LogP contribution is 2.36. The number of imide groups is 1. The molecular formula is C14H14INO4S. The Balaban J connectivity index is 2.40. The van der Waals surface area contributed by atoms with Crippen LogP contribution in [0.2, 0.25) is 0 Å². The molecule has 7 heteroatoms. The molecule has 0 aliphatic carbocycles. The molecule has 0 aromatic heterocycles. The van der Waals surface area contributed by atoms with Gasteiger partial charge in [0.05, 0.1) is 22.2 Å². The number of halogens is 1. The van der Waals surface area contributed by atoms with Crippen LogP contribution in [0.4, 0.5) is 4.79 Å². The Morgan fingerprint density at radius 3 is 2.62 bits per heavy atom. The van der Waals surface area contributed by atoms with E-state index in [1.54, 1.807) is 19.3 Å². The number of amides is 2. The maximum atomic E-state index is 11.9. The van der Waals surface area contributed by atoms with Gasteiger partial charge in [0.15, 0.2) is 11.5 Å². The Bertz CT molecular complexity index is 630. The third kappa shape index (κ3) is 3.34. The lowest BCUT2D eigenvalue weighted by Gasteiger charge is -2.12. The number of ether oxygens (including phenoxy) is 2. The van der Waals surface area contributed by atoms with Crippen molar-refractivity contribution in [3.8, 4) is 11.5 Å². The molecule has 2 rings (SSSR count). The molecule has 0 unspecified atom stereocenters. The summed E-state index contributed by atoms with van der Waals surface area (Å²) in [6.45, 7) is 2.45. The Kier molecular flexibility index (Phi) is 5.15. The Hall–Kier alpha value is -1.22. The first-order chi connectivity index (χ1) is 9.97. The zero-order valence-corrected chi connectivity index (χ0v) is 14.8. The lowest BCUT2D eigenvalue weighted by atomic mass is 10.2. The molecule has 1 aromatic carbocycles. The van der Waals surface area contributed by atoms with Crippen molar-refractivity contribution in [3.63, 3.8) is 0 Å². The molecule has 1 aliphatic heterocycles. The van der Waals surface area contributed by atoms with E-state index in [-0.39, 0.29) is 11.1 Å². The van der Waals surface area contributed by atoms with E-state index in [1.807, 2.05) is 13.0 Å². The SMILES string of the molecule is CCOc1c(I)cc(/C=C2/SC(=O)N(C)C2=O)cc1OC. The molecule has 1 aromatic rings. The molecule has 112 valence electrons. The van der Waals surface area contributed by atoms with E-state index in [1.165, 1.54) is 7.05 Å². The first kappa shape index (κ1) is 16.2. The van der Waals surface area contributed by atoms with Crippen molar-refractivity contribution < 1.29 is 19.1 Å². The second kappa shape index (κ2) is 6.69. The van der Waals surface area contributed by atoms with E-state index in [0.29, 0.717) is 23.0 Å². The van der Waals surface area contributed by atoms with Crippen LogP contribution in [0, 0.1) is 3.57 Å².